The van der Waals surface area contributed by atoms with Gasteiger partial charge in [-0.25, -0.2) is 0 Å². The standard InChI is InChI=1S/C15H23N3O3/c1-2-13-16-14(21-17-13)9-18-11-6-4-3-5-10(11)7-8-12(18)15(19)20/h10-12H,2-9H2,1H3,(H,19,20). The SMILES string of the molecule is CCc1noc(CN2C(C(=O)O)CCC3CCCCC32)n1. The first-order valence-electron chi connectivity index (χ1n) is 7.99. The van der Waals surface area contributed by atoms with Crippen LogP contribution in [0.25, 0.3) is 0 Å². The molecule has 0 aromatic carbocycles. The lowest BCUT2D eigenvalue weighted by molar-refractivity contribution is -0.149. The third-order valence-electron chi connectivity index (χ3n) is 4.94. The molecule has 0 radical (unpaired) electrons. The molecule has 3 unspecified atom stereocenters. The molecule has 116 valence electrons. The minimum Gasteiger partial charge on any atom is -0.480 e. The summed E-state index contributed by atoms with van der Waals surface area (Å²) in [4.78, 5) is 18.0. The first kappa shape index (κ1) is 14.5. The van der Waals surface area contributed by atoms with Crippen molar-refractivity contribution in [2.24, 2.45) is 5.92 Å². The number of fused-ring (bicyclic) bond motifs is 1. The van der Waals surface area contributed by atoms with Gasteiger partial charge in [0.2, 0.25) is 5.89 Å². The normalized spacial score (nSPS) is 30.0. The van der Waals surface area contributed by atoms with Crippen LogP contribution in [0.1, 0.15) is 57.2 Å². The van der Waals surface area contributed by atoms with E-state index in [4.69, 9.17) is 4.52 Å². The molecule has 3 rings (SSSR count). The Morgan fingerprint density at radius 3 is 2.86 bits per heavy atom. The van der Waals surface area contributed by atoms with E-state index >= 15 is 0 Å². The van der Waals surface area contributed by atoms with E-state index in [2.05, 4.69) is 15.0 Å². The highest BCUT2D eigenvalue weighted by molar-refractivity contribution is 5.73. The zero-order valence-electron chi connectivity index (χ0n) is 12.5. The minimum atomic E-state index is -0.728. The second-order valence-corrected chi connectivity index (χ2v) is 6.17. The van der Waals surface area contributed by atoms with Crippen LogP contribution in [0.4, 0.5) is 0 Å². The molecule has 2 heterocycles. The summed E-state index contributed by atoms with van der Waals surface area (Å²) in [6, 6.07) is -0.0631. The van der Waals surface area contributed by atoms with Gasteiger partial charge in [0, 0.05) is 12.5 Å². The molecule has 0 bridgehead atoms. The van der Waals surface area contributed by atoms with E-state index in [1.165, 1.54) is 19.3 Å². The Kier molecular flexibility index (Phi) is 4.24. The average Bonchev–Trinajstić information content (AvgIpc) is 2.95. The average molecular weight is 293 g/mol. The van der Waals surface area contributed by atoms with Gasteiger partial charge in [-0.05, 0) is 31.6 Å². The summed E-state index contributed by atoms with van der Waals surface area (Å²) in [6.45, 7) is 2.44. The number of carboxylic acid groups (broad SMARTS) is 1. The van der Waals surface area contributed by atoms with E-state index in [0.29, 0.717) is 30.2 Å². The van der Waals surface area contributed by atoms with Crippen molar-refractivity contribution < 1.29 is 14.4 Å². The van der Waals surface area contributed by atoms with Gasteiger partial charge in [0.15, 0.2) is 5.82 Å². The second kappa shape index (κ2) is 6.13. The van der Waals surface area contributed by atoms with E-state index in [1.54, 1.807) is 0 Å². The molecule has 1 aliphatic heterocycles. The highest BCUT2D eigenvalue weighted by Gasteiger charge is 2.41. The summed E-state index contributed by atoms with van der Waals surface area (Å²) in [5, 5.41) is 13.4. The van der Waals surface area contributed by atoms with Gasteiger partial charge in [-0.15, -0.1) is 0 Å². The number of piperidine rings is 1. The maximum absolute atomic E-state index is 11.6. The molecule has 21 heavy (non-hydrogen) atoms. The number of hydrogen-bond acceptors (Lipinski definition) is 5. The van der Waals surface area contributed by atoms with Crippen molar-refractivity contribution in [2.75, 3.05) is 0 Å². The Labute approximate surface area is 124 Å². The number of rotatable bonds is 4. The first-order chi connectivity index (χ1) is 10.2. The quantitative estimate of drug-likeness (QED) is 0.917. The van der Waals surface area contributed by atoms with Gasteiger partial charge in [0.1, 0.15) is 6.04 Å². The van der Waals surface area contributed by atoms with Crippen molar-refractivity contribution >= 4 is 5.97 Å². The van der Waals surface area contributed by atoms with Gasteiger partial charge in [-0.1, -0.05) is 24.9 Å². The summed E-state index contributed by atoms with van der Waals surface area (Å²) in [7, 11) is 0. The largest absolute Gasteiger partial charge is 0.480 e. The molecule has 1 aromatic rings. The summed E-state index contributed by atoms with van der Waals surface area (Å²) < 4.78 is 5.27. The molecule has 6 heteroatoms. The van der Waals surface area contributed by atoms with E-state index < -0.39 is 12.0 Å². The smallest absolute Gasteiger partial charge is 0.320 e. The van der Waals surface area contributed by atoms with Crippen LogP contribution < -0.4 is 0 Å². The zero-order valence-corrected chi connectivity index (χ0v) is 12.5. The first-order valence-corrected chi connectivity index (χ1v) is 7.99. The number of hydrogen-bond donors (Lipinski definition) is 1. The van der Waals surface area contributed by atoms with Crippen LogP contribution in [0.3, 0.4) is 0 Å². The van der Waals surface area contributed by atoms with Gasteiger partial charge >= 0.3 is 5.97 Å². The van der Waals surface area contributed by atoms with Crippen molar-refractivity contribution in [3.8, 4) is 0 Å². The van der Waals surface area contributed by atoms with Crippen molar-refractivity contribution in [3.05, 3.63) is 11.7 Å². The fraction of sp³-hybridized carbons (Fsp3) is 0.800. The Hall–Kier alpha value is -1.43. The predicted octanol–water partition coefficient (Wildman–Crippen LogP) is 2.24. The Bertz CT molecular complexity index is 502. The molecule has 1 aliphatic carbocycles. The third-order valence-corrected chi connectivity index (χ3v) is 4.94. The zero-order chi connectivity index (χ0) is 14.8. The van der Waals surface area contributed by atoms with Crippen molar-refractivity contribution in [2.45, 2.75) is 70.5 Å². The molecule has 2 aliphatic rings. The molecule has 1 saturated heterocycles. The van der Waals surface area contributed by atoms with Crippen molar-refractivity contribution in [1.29, 1.82) is 0 Å². The lowest BCUT2D eigenvalue weighted by Crippen LogP contribution is -2.54. The number of likely N-dealkylation sites (tertiary alicyclic amines) is 1. The third kappa shape index (κ3) is 2.95. The molecule has 2 fully saturated rings. The number of aliphatic carboxylic acids is 1. The summed E-state index contributed by atoms with van der Waals surface area (Å²) in [5.41, 5.74) is 0. The highest BCUT2D eigenvalue weighted by atomic mass is 16.5. The summed E-state index contributed by atoms with van der Waals surface area (Å²) in [6.07, 6.45) is 7.26. The molecule has 1 saturated carbocycles. The second-order valence-electron chi connectivity index (χ2n) is 6.17. The van der Waals surface area contributed by atoms with Gasteiger partial charge in [0.25, 0.3) is 0 Å². The maximum atomic E-state index is 11.6. The Balaban J connectivity index is 1.80. The number of aromatic nitrogens is 2. The number of aryl methyl sites for hydroxylation is 1. The van der Waals surface area contributed by atoms with Crippen LogP contribution in [-0.4, -0.2) is 38.2 Å². The van der Waals surface area contributed by atoms with Crippen molar-refractivity contribution in [3.63, 3.8) is 0 Å². The van der Waals surface area contributed by atoms with E-state index in [0.717, 1.165) is 25.7 Å². The minimum absolute atomic E-state index is 0.352. The van der Waals surface area contributed by atoms with E-state index in [9.17, 15) is 9.90 Å². The van der Waals surface area contributed by atoms with E-state index in [-0.39, 0.29) is 0 Å². The maximum Gasteiger partial charge on any atom is 0.320 e. The molecule has 1 aromatic heterocycles. The summed E-state index contributed by atoms with van der Waals surface area (Å²) >= 11 is 0. The molecule has 0 spiro atoms. The van der Waals surface area contributed by atoms with Crippen LogP contribution in [0, 0.1) is 5.92 Å². The van der Waals surface area contributed by atoms with E-state index in [1.807, 2.05) is 6.92 Å². The lowest BCUT2D eigenvalue weighted by atomic mass is 9.76. The van der Waals surface area contributed by atoms with Crippen LogP contribution in [0.5, 0.6) is 0 Å². The van der Waals surface area contributed by atoms with Crippen LogP contribution in [0.2, 0.25) is 0 Å². The number of carboxylic acids is 1. The Morgan fingerprint density at radius 2 is 2.14 bits per heavy atom. The Morgan fingerprint density at radius 1 is 1.33 bits per heavy atom. The van der Waals surface area contributed by atoms with Gasteiger partial charge in [-0.3, -0.25) is 9.69 Å². The monoisotopic (exact) mass is 293 g/mol. The molecular weight excluding hydrogens is 270 g/mol. The lowest BCUT2D eigenvalue weighted by Gasteiger charge is -2.46. The predicted molar refractivity (Wildman–Crippen MR) is 75.6 cm³/mol. The van der Waals surface area contributed by atoms with Crippen LogP contribution in [-0.2, 0) is 17.8 Å². The number of carbonyl (C=O) groups is 1. The molecular formula is C15H23N3O3. The highest BCUT2D eigenvalue weighted by Crippen LogP contribution is 2.38. The van der Waals surface area contributed by atoms with Crippen molar-refractivity contribution in [1.82, 2.24) is 15.0 Å². The molecule has 6 nitrogen and oxygen atoms in total. The fourth-order valence-corrected chi connectivity index (χ4v) is 3.88. The van der Waals surface area contributed by atoms with Gasteiger partial charge in [0.05, 0.1) is 6.54 Å². The van der Waals surface area contributed by atoms with Crippen LogP contribution in [0.15, 0.2) is 4.52 Å². The van der Waals surface area contributed by atoms with Crippen LogP contribution >= 0.6 is 0 Å². The molecule has 0 amide bonds. The topological polar surface area (TPSA) is 79.5 Å². The molecule has 3 atom stereocenters. The van der Waals surface area contributed by atoms with Gasteiger partial charge < -0.3 is 9.63 Å². The molecule has 1 N–H and O–H groups in total. The van der Waals surface area contributed by atoms with Gasteiger partial charge in [-0.2, -0.15) is 4.98 Å². The number of nitrogens with zero attached hydrogens (tertiary/aromatic N) is 3. The fourth-order valence-electron chi connectivity index (χ4n) is 3.88. The summed E-state index contributed by atoms with van der Waals surface area (Å²) in [5.74, 6) is 1.13.